The number of rotatable bonds is 13. The molecule has 0 saturated heterocycles. The zero-order chi connectivity index (χ0) is 31.4. The lowest BCUT2D eigenvalue weighted by molar-refractivity contribution is -0.156. The molecule has 0 bridgehead atoms. The quantitative estimate of drug-likeness (QED) is 0.182. The maximum Gasteiger partial charge on any atom is 0.408 e. The lowest BCUT2D eigenvalue weighted by Crippen LogP contribution is -2.57. The number of ether oxygens (including phenoxy) is 3. The summed E-state index contributed by atoms with van der Waals surface area (Å²) >= 11 is 0. The summed E-state index contributed by atoms with van der Waals surface area (Å²) in [6.07, 6.45) is 0.974. The Kier molecular flexibility index (Phi) is 11.9. The molecule has 11 nitrogen and oxygen atoms in total. The second-order valence-corrected chi connectivity index (χ2v) is 11.2. The van der Waals surface area contributed by atoms with Gasteiger partial charge in [-0.25, -0.2) is 4.79 Å². The topological polar surface area (TPSA) is 149 Å². The van der Waals surface area contributed by atoms with Crippen molar-refractivity contribution in [2.24, 2.45) is 5.92 Å². The first-order chi connectivity index (χ1) is 20.4. The van der Waals surface area contributed by atoms with Crippen molar-refractivity contribution >= 4 is 29.8 Å². The Bertz CT molecular complexity index is 1280. The first-order valence-corrected chi connectivity index (χ1v) is 14.1. The van der Waals surface area contributed by atoms with Crippen molar-refractivity contribution in [3.8, 4) is 0 Å². The SMILES string of the molecule is C=CCOC(=O)CNC(=O)[C@@H](NC(=O)[C@H](CC(=O)OC(C)(C)C)NC(=O)OCc1ccccc1)C1Cc2ccccc2C1. The molecule has 1 aliphatic rings. The molecule has 0 heterocycles. The number of fused-ring (bicyclic) bond motifs is 1. The summed E-state index contributed by atoms with van der Waals surface area (Å²) in [6, 6.07) is 14.2. The number of esters is 2. The van der Waals surface area contributed by atoms with Gasteiger partial charge in [0.1, 0.15) is 37.4 Å². The Morgan fingerprint density at radius 3 is 2.12 bits per heavy atom. The highest BCUT2D eigenvalue weighted by Crippen LogP contribution is 2.29. The monoisotopic (exact) mass is 593 g/mol. The first kappa shape index (κ1) is 32.8. The number of benzene rings is 2. The molecule has 0 spiro atoms. The summed E-state index contributed by atoms with van der Waals surface area (Å²) in [5.74, 6) is -3.14. The molecule has 43 heavy (non-hydrogen) atoms. The summed E-state index contributed by atoms with van der Waals surface area (Å²) in [5.41, 5.74) is 1.98. The molecule has 2 aromatic carbocycles. The van der Waals surface area contributed by atoms with Crippen molar-refractivity contribution in [3.05, 3.63) is 83.9 Å². The highest BCUT2D eigenvalue weighted by Gasteiger charge is 2.37. The fraction of sp³-hybridized carbons (Fsp3) is 0.406. The first-order valence-electron chi connectivity index (χ1n) is 14.1. The van der Waals surface area contributed by atoms with E-state index >= 15 is 0 Å². The predicted molar refractivity (Wildman–Crippen MR) is 157 cm³/mol. The molecule has 1 aliphatic carbocycles. The fourth-order valence-electron chi connectivity index (χ4n) is 4.62. The molecule has 230 valence electrons. The molecule has 2 atom stereocenters. The largest absolute Gasteiger partial charge is 0.460 e. The predicted octanol–water partition coefficient (Wildman–Crippen LogP) is 2.76. The van der Waals surface area contributed by atoms with Gasteiger partial charge in [0.15, 0.2) is 0 Å². The Morgan fingerprint density at radius 1 is 0.884 bits per heavy atom. The van der Waals surface area contributed by atoms with Gasteiger partial charge < -0.3 is 30.2 Å². The molecule has 3 rings (SSSR count). The van der Waals surface area contributed by atoms with E-state index in [-0.39, 0.29) is 19.1 Å². The lowest BCUT2D eigenvalue weighted by Gasteiger charge is -2.27. The Hall–Kier alpha value is -4.67. The van der Waals surface area contributed by atoms with Crippen LogP contribution in [0, 0.1) is 5.92 Å². The number of hydrogen-bond acceptors (Lipinski definition) is 8. The van der Waals surface area contributed by atoms with Crippen molar-refractivity contribution in [1.29, 1.82) is 0 Å². The molecular formula is C32H39N3O8. The molecule has 3 amide bonds. The summed E-state index contributed by atoms with van der Waals surface area (Å²) in [5, 5.41) is 7.67. The van der Waals surface area contributed by atoms with Crippen LogP contribution in [0.2, 0.25) is 0 Å². The number of carbonyl (C=O) groups is 5. The van der Waals surface area contributed by atoms with E-state index in [2.05, 4.69) is 22.5 Å². The van der Waals surface area contributed by atoms with E-state index in [1.165, 1.54) is 6.08 Å². The molecule has 0 saturated carbocycles. The van der Waals surface area contributed by atoms with Crippen LogP contribution in [0.3, 0.4) is 0 Å². The van der Waals surface area contributed by atoms with E-state index in [1.807, 2.05) is 30.3 Å². The molecule has 0 radical (unpaired) electrons. The molecule has 0 unspecified atom stereocenters. The Labute approximate surface area is 251 Å². The molecule has 0 aliphatic heterocycles. The van der Waals surface area contributed by atoms with Crippen LogP contribution in [0.1, 0.15) is 43.9 Å². The van der Waals surface area contributed by atoms with Gasteiger partial charge in [-0.3, -0.25) is 19.2 Å². The average molecular weight is 594 g/mol. The summed E-state index contributed by atoms with van der Waals surface area (Å²) in [6.45, 7) is 8.05. The smallest absolute Gasteiger partial charge is 0.408 e. The van der Waals surface area contributed by atoms with Crippen molar-refractivity contribution in [3.63, 3.8) is 0 Å². The minimum absolute atomic E-state index is 0.00874. The summed E-state index contributed by atoms with van der Waals surface area (Å²) in [4.78, 5) is 64.3. The van der Waals surface area contributed by atoms with Crippen molar-refractivity contribution in [2.45, 2.75) is 64.3 Å². The number of carbonyl (C=O) groups excluding carboxylic acids is 5. The van der Waals surface area contributed by atoms with Crippen LogP contribution >= 0.6 is 0 Å². The Morgan fingerprint density at radius 2 is 1.51 bits per heavy atom. The van der Waals surface area contributed by atoms with Gasteiger partial charge in [-0.15, -0.1) is 0 Å². The van der Waals surface area contributed by atoms with Crippen molar-refractivity contribution in [2.75, 3.05) is 13.2 Å². The maximum absolute atomic E-state index is 13.6. The average Bonchev–Trinajstić information content (AvgIpc) is 3.39. The lowest BCUT2D eigenvalue weighted by atomic mass is 9.95. The van der Waals surface area contributed by atoms with Crippen molar-refractivity contribution in [1.82, 2.24) is 16.0 Å². The van der Waals surface area contributed by atoms with Gasteiger partial charge in [0.25, 0.3) is 0 Å². The molecule has 0 fully saturated rings. The van der Waals surface area contributed by atoms with Crippen LogP contribution in [0.5, 0.6) is 0 Å². The van der Waals surface area contributed by atoms with Gasteiger partial charge >= 0.3 is 18.0 Å². The number of alkyl carbamates (subject to hydrolysis) is 1. The zero-order valence-corrected chi connectivity index (χ0v) is 24.7. The fourth-order valence-corrected chi connectivity index (χ4v) is 4.62. The normalized spacial score (nSPS) is 13.9. The van der Waals surface area contributed by atoms with E-state index in [1.54, 1.807) is 45.0 Å². The third-order valence-corrected chi connectivity index (χ3v) is 6.52. The third-order valence-electron chi connectivity index (χ3n) is 6.52. The van der Waals surface area contributed by atoms with Crippen LogP contribution in [0.15, 0.2) is 67.3 Å². The van der Waals surface area contributed by atoms with Crippen LogP contribution in [0.4, 0.5) is 4.79 Å². The van der Waals surface area contributed by atoms with E-state index < -0.39 is 60.5 Å². The molecule has 11 heteroatoms. The van der Waals surface area contributed by atoms with E-state index in [0.29, 0.717) is 12.8 Å². The molecular weight excluding hydrogens is 554 g/mol. The van der Waals surface area contributed by atoms with Crippen molar-refractivity contribution < 1.29 is 38.2 Å². The van der Waals surface area contributed by atoms with E-state index in [0.717, 1.165) is 16.7 Å². The highest BCUT2D eigenvalue weighted by atomic mass is 16.6. The minimum atomic E-state index is -1.41. The number of amides is 3. The van der Waals surface area contributed by atoms with Crippen LogP contribution < -0.4 is 16.0 Å². The number of nitrogens with one attached hydrogen (secondary N) is 3. The highest BCUT2D eigenvalue weighted by molar-refractivity contribution is 5.94. The van der Waals surface area contributed by atoms with Crippen LogP contribution in [0.25, 0.3) is 0 Å². The van der Waals surface area contributed by atoms with Gasteiger partial charge in [0.2, 0.25) is 11.8 Å². The third kappa shape index (κ3) is 10.9. The Balaban J connectivity index is 1.76. The van der Waals surface area contributed by atoms with Gasteiger partial charge in [-0.1, -0.05) is 67.3 Å². The van der Waals surface area contributed by atoms with Gasteiger partial charge in [-0.2, -0.15) is 0 Å². The molecule has 3 N–H and O–H groups in total. The second-order valence-electron chi connectivity index (χ2n) is 11.2. The van der Waals surface area contributed by atoms with E-state index in [4.69, 9.17) is 14.2 Å². The summed E-state index contributed by atoms with van der Waals surface area (Å²) in [7, 11) is 0. The maximum atomic E-state index is 13.6. The van der Waals surface area contributed by atoms with Crippen LogP contribution in [-0.4, -0.2) is 60.7 Å². The number of hydrogen-bond donors (Lipinski definition) is 3. The minimum Gasteiger partial charge on any atom is -0.460 e. The van der Waals surface area contributed by atoms with Gasteiger partial charge in [0, 0.05) is 0 Å². The zero-order valence-electron chi connectivity index (χ0n) is 24.7. The molecule has 0 aromatic heterocycles. The van der Waals surface area contributed by atoms with Gasteiger partial charge in [0.05, 0.1) is 6.42 Å². The van der Waals surface area contributed by atoms with Gasteiger partial charge in [-0.05, 0) is 56.2 Å². The summed E-state index contributed by atoms with van der Waals surface area (Å²) < 4.78 is 15.6. The van der Waals surface area contributed by atoms with E-state index in [9.17, 15) is 24.0 Å². The van der Waals surface area contributed by atoms with Crippen LogP contribution in [-0.2, 0) is 52.8 Å². The second kappa shape index (κ2) is 15.5. The molecule has 2 aromatic rings. The standard InChI is InChI=1S/C32H39N3O8/c1-5-15-41-27(37)19-33-30(39)28(24-16-22-13-9-10-14-23(22)17-24)35-29(38)25(18-26(36)43-32(2,3)4)34-31(40)42-20-21-11-7-6-8-12-21/h5-14,24-25,28H,1,15-20H2,2-4H3,(H,33,39)(H,34,40)(H,35,38)/t25-,28-/m0/s1.